The van der Waals surface area contributed by atoms with Crippen LogP contribution < -0.4 is 0 Å². The zero-order chi connectivity index (χ0) is 10.8. The SMILES string of the molecule is CCC(c1ccc(Br)cc1)S(C)(=O)=O. The van der Waals surface area contributed by atoms with E-state index >= 15 is 0 Å². The van der Waals surface area contributed by atoms with Crippen molar-refractivity contribution in [3.63, 3.8) is 0 Å². The van der Waals surface area contributed by atoms with Gasteiger partial charge in [-0.3, -0.25) is 0 Å². The molecule has 2 nitrogen and oxygen atoms in total. The lowest BCUT2D eigenvalue weighted by molar-refractivity contribution is 0.585. The van der Waals surface area contributed by atoms with Gasteiger partial charge in [-0.15, -0.1) is 0 Å². The first-order valence-corrected chi connectivity index (χ1v) is 7.14. The summed E-state index contributed by atoms with van der Waals surface area (Å²) in [5.41, 5.74) is 0.859. The number of benzene rings is 1. The molecule has 0 amide bonds. The highest BCUT2D eigenvalue weighted by Gasteiger charge is 2.20. The number of halogens is 1. The van der Waals surface area contributed by atoms with Gasteiger partial charge in [0.15, 0.2) is 9.84 Å². The van der Waals surface area contributed by atoms with Crippen molar-refractivity contribution in [1.29, 1.82) is 0 Å². The smallest absolute Gasteiger partial charge is 0.154 e. The summed E-state index contributed by atoms with van der Waals surface area (Å²) in [6.45, 7) is 1.88. The minimum Gasteiger partial charge on any atom is -0.228 e. The van der Waals surface area contributed by atoms with E-state index in [0.717, 1.165) is 10.0 Å². The maximum Gasteiger partial charge on any atom is 0.154 e. The Morgan fingerprint density at radius 2 is 1.79 bits per heavy atom. The molecule has 0 N–H and O–H groups in total. The highest BCUT2D eigenvalue weighted by Crippen LogP contribution is 2.26. The highest BCUT2D eigenvalue weighted by molar-refractivity contribution is 9.10. The van der Waals surface area contributed by atoms with Gasteiger partial charge in [0.25, 0.3) is 0 Å². The van der Waals surface area contributed by atoms with Crippen LogP contribution in [-0.2, 0) is 9.84 Å². The first-order chi connectivity index (χ1) is 6.45. The molecule has 1 rings (SSSR count). The Balaban J connectivity index is 3.08. The molecule has 0 saturated heterocycles. The topological polar surface area (TPSA) is 34.1 Å². The summed E-state index contributed by atoms with van der Waals surface area (Å²) >= 11 is 3.32. The third-order valence-corrected chi connectivity index (χ3v) is 4.30. The Labute approximate surface area is 93.4 Å². The van der Waals surface area contributed by atoms with Gasteiger partial charge >= 0.3 is 0 Å². The van der Waals surface area contributed by atoms with E-state index in [1.165, 1.54) is 6.26 Å². The van der Waals surface area contributed by atoms with Crippen molar-refractivity contribution in [3.8, 4) is 0 Å². The first-order valence-electron chi connectivity index (χ1n) is 4.39. The van der Waals surface area contributed by atoms with E-state index in [4.69, 9.17) is 0 Å². The van der Waals surface area contributed by atoms with Gasteiger partial charge in [-0.1, -0.05) is 35.0 Å². The number of hydrogen-bond acceptors (Lipinski definition) is 2. The molecule has 0 bridgehead atoms. The van der Waals surface area contributed by atoms with Crippen molar-refractivity contribution < 1.29 is 8.42 Å². The molecule has 0 aliphatic carbocycles. The summed E-state index contributed by atoms with van der Waals surface area (Å²) in [5, 5.41) is -0.379. The van der Waals surface area contributed by atoms with Gasteiger partial charge in [-0.2, -0.15) is 0 Å². The normalized spacial score (nSPS) is 13.9. The molecular weight excluding hydrogens is 264 g/mol. The molecule has 1 atom stereocenters. The zero-order valence-corrected chi connectivity index (χ0v) is 10.6. The van der Waals surface area contributed by atoms with Gasteiger partial charge in [0.2, 0.25) is 0 Å². The van der Waals surface area contributed by atoms with Gasteiger partial charge in [0.05, 0.1) is 5.25 Å². The Kier molecular flexibility index (Phi) is 3.72. The van der Waals surface area contributed by atoms with Crippen LogP contribution in [0, 0.1) is 0 Å². The fraction of sp³-hybridized carbons (Fsp3) is 0.400. The van der Waals surface area contributed by atoms with Crippen LogP contribution in [0.3, 0.4) is 0 Å². The Morgan fingerprint density at radius 1 is 1.29 bits per heavy atom. The molecule has 0 heterocycles. The second kappa shape index (κ2) is 4.45. The first kappa shape index (κ1) is 11.7. The van der Waals surface area contributed by atoms with Crippen LogP contribution in [0.25, 0.3) is 0 Å². The molecule has 0 fully saturated rings. The van der Waals surface area contributed by atoms with Crippen LogP contribution in [0.1, 0.15) is 24.2 Å². The fourth-order valence-corrected chi connectivity index (χ4v) is 2.98. The number of hydrogen-bond donors (Lipinski definition) is 0. The van der Waals surface area contributed by atoms with Crippen LogP contribution in [0.2, 0.25) is 0 Å². The minimum atomic E-state index is -3.00. The Hall–Kier alpha value is -0.350. The third-order valence-electron chi connectivity index (χ3n) is 2.13. The zero-order valence-electron chi connectivity index (χ0n) is 8.20. The molecule has 1 unspecified atom stereocenters. The lowest BCUT2D eigenvalue weighted by Gasteiger charge is -2.12. The van der Waals surface area contributed by atoms with E-state index in [-0.39, 0.29) is 5.25 Å². The maximum atomic E-state index is 11.4. The quantitative estimate of drug-likeness (QED) is 0.851. The van der Waals surface area contributed by atoms with E-state index in [0.29, 0.717) is 6.42 Å². The van der Waals surface area contributed by atoms with Gasteiger partial charge < -0.3 is 0 Å². The van der Waals surface area contributed by atoms with E-state index in [2.05, 4.69) is 15.9 Å². The fourth-order valence-electron chi connectivity index (χ4n) is 1.46. The predicted octanol–water partition coefficient (Wildman–Crippen LogP) is 2.94. The van der Waals surface area contributed by atoms with Crippen molar-refractivity contribution in [2.24, 2.45) is 0 Å². The average Bonchev–Trinajstić information content (AvgIpc) is 2.07. The van der Waals surface area contributed by atoms with E-state index in [9.17, 15) is 8.42 Å². The molecule has 14 heavy (non-hydrogen) atoms. The monoisotopic (exact) mass is 276 g/mol. The van der Waals surface area contributed by atoms with Crippen LogP contribution in [0.4, 0.5) is 0 Å². The summed E-state index contributed by atoms with van der Waals surface area (Å²) in [5.74, 6) is 0. The third kappa shape index (κ3) is 2.82. The molecule has 1 aromatic rings. The van der Waals surface area contributed by atoms with Gasteiger partial charge in [-0.05, 0) is 24.1 Å². The molecule has 0 aliphatic rings. The second-order valence-electron chi connectivity index (χ2n) is 3.28. The maximum absolute atomic E-state index is 11.4. The predicted molar refractivity (Wildman–Crippen MR) is 62.0 cm³/mol. The van der Waals surface area contributed by atoms with Crippen molar-refractivity contribution in [2.75, 3.05) is 6.26 Å². The van der Waals surface area contributed by atoms with Crippen molar-refractivity contribution in [2.45, 2.75) is 18.6 Å². The van der Waals surface area contributed by atoms with Crippen LogP contribution in [0.15, 0.2) is 28.7 Å². The molecule has 0 radical (unpaired) electrons. The standard InChI is InChI=1S/C10H13BrO2S/c1-3-10(14(2,12)13)8-4-6-9(11)7-5-8/h4-7,10H,3H2,1-2H3. The Bertz CT molecular complexity index is 395. The van der Waals surface area contributed by atoms with Crippen molar-refractivity contribution in [1.82, 2.24) is 0 Å². The minimum absolute atomic E-state index is 0.379. The molecule has 1 aromatic carbocycles. The van der Waals surface area contributed by atoms with Gasteiger partial charge in [0.1, 0.15) is 0 Å². The van der Waals surface area contributed by atoms with E-state index in [1.54, 1.807) is 0 Å². The molecular formula is C10H13BrO2S. The lowest BCUT2D eigenvalue weighted by Crippen LogP contribution is -2.10. The molecule has 4 heteroatoms. The van der Waals surface area contributed by atoms with E-state index < -0.39 is 9.84 Å². The van der Waals surface area contributed by atoms with Gasteiger partial charge in [-0.25, -0.2) is 8.42 Å². The molecule has 0 aliphatic heterocycles. The summed E-state index contributed by atoms with van der Waals surface area (Å²) in [7, 11) is -3.00. The molecule has 0 aromatic heterocycles. The molecule has 0 spiro atoms. The summed E-state index contributed by atoms with van der Waals surface area (Å²) in [6, 6.07) is 7.42. The largest absolute Gasteiger partial charge is 0.228 e. The van der Waals surface area contributed by atoms with E-state index in [1.807, 2.05) is 31.2 Å². The summed E-state index contributed by atoms with van der Waals surface area (Å²) in [4.78, 5) is 0. The van der Waals surface area contributed by atoms with Crippen LogP contribution in [-0.4, -0.2) is 14.7 Å². The molecule has 78 valence electrons. The molecule has 0 saturated carbocycles. The summed E-state index contributed by atoms with van der Waals surface area (Å²) in [6.07, 6.45) is 1.89. The number of sulfone groups is 1. The highest BCUT2D eigenvalue weighted by atomic mass is 79.9. The van der Waals surface area contributed by atoms with Gasteiger partial charge in [0, 0.05) is 10.7 Å². The van der Waals surface area contributed by atoms with Crippen LogP contribution in [0.5, 0.6) is 0 Å². The lowest BCUT2D eigenvalue weighted by atomic mass is 10.1. The number of rotatable bonds is 3. The Morgan fingerprint density at radius 3 is 2.14 bits per heavy atom. The average molecular weight is 277 g/mol. The van der Waals surface area contributed by atoms with Crippen molar-refractivity contribution in [3.05, 3.63) is 34.3 Å². The van der Waals surface area contributed by atoms with Crippen molar-refractivity contribution >= 4 is 25.8 Å². The summed E-state index contributed by atoms with van der Waals surface area (Å²) < 4.78 is 23.8. The van der Waals surface area contributed by atoms with Crippen LogP contribution >= 0.6 is 15.9 Å². The second-order valence-corrected chi connectivity index (χ2v) is 6.42.